The molecule has 0 unspecified atom stereocenters. The van der Waals surface area contributed by atoms with Crippen molar-refractivity contribution in [1.82, 2.24) is 15.0 Å². The number of H-pyrrole nitrogens is 1. The first-order valence-electron chi connectivity index (χ1n) is 8.16. The van der Waals surface area contributed by atoms with Gasteiger partial charge in [0.15, 0.2) is 0 Å². The molecule has 0 aliphatic carbocycles. The zero-order chi connectivity index (χ0) is 17.2. The van der Waals surface area contributed by atoms with Crippen molar-refractivity contribution in [2.45, 2.75) is 13.0 Å². The number of fused-ring (bicyclic) bond motifs is 1. The van der Waals surface area contributed by atoms with Crippen molar-refractivity contribution in [3.8, 4) is 17.0 Å². The summed E-state index contributed by atoms with van der Waals surface area (Å²) >= 11 is 0. The Hall–Kier alpha value is -3.34. The fourth-order valence-corrected chi connectivity index (χ4v) is 2.80. The molecule has 4 aromatic rings. The highest BCUT2D eigenvalue weighted by Crippen LogP contribution is 2.25. The van der Waals surface area contributed by atoms with Crippen LogP contribution in [0.1, 0.15) is 18.5 Å². The molecule has 2 aromatic carbocycles. The fourth-order valence-electron chi connectivity index (χ4n) is 2.80. The van der Waals surface area contributed by atoms with Gasteiger partial charge in [0.05, 0.1) is 6.04 Å². The van der Waals surface area contributed by atoms with E-state index in [2.05, 4.69) is 39.3 Å². The van der Waals surface area contributed by atoms with Crippen molar-refractivity contribution in [2.75, 3.05) is 5.32 Å². The summed E-state index contributed by atoms with van der Waals surface area (Å²) in [5.74, 6) is 0.837. The Balaban J connectivity index is 1.61. The lowest BCUT2D eigenvalue weighted by Gasteiger charge is -2.13. The number of aromatic amines is 1. The van der Waals surface area contributed by atoms with Gasteiger partial charge in [0, 0.05) is 17.3 Å². The molecular formula is C20H18N4O. The number of phenolic OH excluding ortho intramolecular Hbond substituents is 1. The lowest BCUT2D eigenvalue weighted by molar-refractivity contribution is 0.475. The number of phenols is 1. The van der Waals surface area contributed by atoms with Gasteiger partial charge in [0.1, 0.15) is 11.4 Å². The molecule has 0 aliphatic rings. The fraction of sp³-hybridized carbons (Fsp3) is 0.100. The van der Waals surface area contributed by atoms with Gasteiger partial charge >= 0.3 is 0 Å². The number of nitrogens with zero attached hydrogens (tertiary/aromatic N) is 2. The van der Waals surface area contributed by atoms with Crippen LogP contribution in [0.5, 0.6) is 5.75 Å². The van der Waals surface area contributed by atoms with Crippen LogP contribution in [-0.4, -0.2) is 20.1 Å². The summed E-state index contributed by atoms with van der Waals surface area (Å²) in [5, 5.41) is 13.7. The van der Waals surface area contributed by atoms with E-state index in [0.717, 1.165) is 22.3 Å². The summed E-state index contributed by atoms with van der Waals surface area (Å²) in [5.41, 5.74) is 3.89. The van der Waals surface area contributed by atoms with Crippen molar-refractivity contribution in [1.29, 1.82) is 0 Å². The van der Waals surface area contributed by atoms with Crippen molar-refractivity contribution >= 4 is 17.0 Å². The van der Waals surface area contributed by atoms with Gasteiger partial charge in [-0.1, -0.05) is 30.3 Å². The molecule has 3 N–H and O–H groups in total. The third-order valence-electron chi connectivity index (χ3n) is 4.19. The van der Waals surface area contributed by atoms with Crippen LogP contribution >= 0.6 is 0 Å². The van der Waals surface area contributed by atoms with E-state index in [9.17, 15) is 5.11 Å². The maximum atomic E-state index is 9.42. The molecule has 1 atom stereocenters. The summed E-state index contributed by atoms with van der Waals surface area (Å²) in [6, 6.07) is 19.4. The van der Waals surface area contributed by atoms with Crippen molar-refractivity contribution in [3.63, 3.8) is 0 Å². The van der Waals surface area contributed by atoms with Crippen molar-refractivity contribution < 1.29 is 5.11 Å². The number of anilines is 1. The Morgan fingerprint density at radius 3 is 2.56 bits per heavy atom. The molecule has 4 rings (SSSR count). The number of nitrogens with one attached hydrogen (secondary N) is 2. The Bertz CT molecular complexity index is 993. The monoisotopic (exact) mass is 330 g/mol. The summed E-state index contributed by atoms with van der Waals surface area (Å²) in [6.07, 6.45) is 1.81. The lowest BCUT2D eigenvalue weighted by Crippen LogP contribution is -2.09. The van der Waals surface area contributed by atoms with E-state index in [1.54, 1.807) is 12.1 Å². The van der Waals surface area contributed by atoms with Crippen LogP contribution in [0.2, 0.25) is 0 Å². The largest absolute Gasteiger partial charge is 0.508 e. The Morgan fingerprint density at radius 2 is 1.80 bits per heavy atom. The zero-order valence-corrected chi connectivity index (χ0v) is 13.8. The third kappa shape index (κ3) is 3.17. The molecule has 0 aliphatic heterocycles. The number of hydrogen-bond donors (Lipinski definition) is 3. The molecule has 124 valence electrons. The molecule has 5 nitrogen and oxygen atoms in total. The summed E-state index contributed by atoms with van der Waals surface area (Å²) in [4.78, 5) is 12.3. The molecule has 0 radical (unpaired) electrons. The summed E-state index contributed by atoms with van der Waals surface area (Å²) < 4.78 is 0. The molecule has 0 bridgehead atoms. The highest BCUT2D eigenvalue weighted by molar-refractivity contribution is 5.83. The zero-order valence-electron chi connectivity index (χ0n) is 13.8. The number of rotatable bonds is 4. The highest BCUT2D eigenvalue weighted by atomic mass is 16.3. The standard InChI is InChI=1S/C20H18N4O/c1-13(14-5-3-2-4-6-14)22-20-21-12-16-11-18(23-19(16)24-20)15-7-9-17(25)10-8-15/h2-13,25H,1H3,(H2,21,22,23,24)/t13-/m1/s1. The summed E-state index contributed by atoms with van der Waals surface area (Å²) in [6.45, 7) is 2.08. The second-order valence-corrected chi connectivity index (χ2v) is 6.00. The molecule has 2 aromatic heterocycles. The van der Waals surface area contributed by atoms with Gasteiger partial charge in [-0.15, -0.1) is 0 Å². The van der Waals surface area contributed by atoms with Gasteiger partial charge in [-0.3, -0.25) is 0 Å². The van der Waals surface area contributed by atoms with Crippen LogP contribution in [0, 0.1) is 0 Å². The first-order chi connectivity index (χ1) is 12.2. The first-order valence-corrected chi connectivity index (χ1v) is 8.16. The average Bonchev–Trinajstić information content (AvgIpc) is 3.06. The van der Waals surface area contributed by atoms with E-state index in [1.165, 1.54) is 5.56 Å². The topological polar surface area (TPSA) is 73.8 Å². The maximum Gasteiger partial charge on any atom is 0.225 e. The Kier molecular flexibility index (Phi) is 3.82. The van der Waals surface area contributed by atoms with Crippen LogP contribution in [-0.2, 0) is 0 Å². The SMILES string of the molecule is C[C@@H](Nc1ncc2cc(-c3ccc(O)cc3)[nH]c2n1)c1ccccc1. The number of aromatic nitrogens is 3. The van der Waals surface area contributed by atoms with Gasteiger partial charge in [-0.2, -0.15) is 4.98 Å². The molecule has 5 heteroatoms. The van der Waals surface area contributed by atoms with Crippen LogP contribution < -0.4 is 5.32 Å². The molecule has 0 saturated carbocycles. The van der Waals surface area contributed by atoms with Gasteiger partial charge in [0.25, 0.3) is 0 Å². The maximum absolute atomic E-state index is 9.42. The quantitative estimate of drug-likeness (QED) is 0.515. The molecule has 0 saturated heterocycles. The third-order valence-corrected chi connectivity index (χ3v) is 4.19. The van der Waals surface area contributed by atoms with Crippen LogP contribution in [0.25, 0.3) is 22.3 Å². The average molecular weight is 330 g/mol. The van der Waals surface area contributed by atoms with Crippen LogP contribution in [0.3, 0.4) is 0 Å². The number of hydrogen-bond acceptors (Lipinski definition) is 4. The van der Waals surface area contributed by atoms with Gasteiger partial charge in [0.2, 0.25) is 5.95 Å². The highest BCUT2D eigenvalue weighted by Gasteiger charge is 2.09. The minimum atomic E-state index is 0.116. The number of benzene rings is 2. The number of aromatic hydroxyl groups is 1. The minimum absolute atomic E-state index is 0.116. The van der Waals surface area contributed by atoms with E-state index >= 15 is 0 Å². The van der Waals surface area contributed by atoms with Crippen molar-refractivity contribution in [2.24, 2.45) is 0 Å². The van der Waals surface area contributed by atoms with Gasteiger partial charge in [-0.05, 0) is 48.4 Å². The first kappa shape index (κ1) is 15.2. The molecule has 0 spiro atoms. The van der Waals surface area contributed by atoms with E-state index in [-0.39, 0.29) is 11.8 Å². The minimum Gasteiger partial charge on any atom is -0.508 e. The predicted octanol–water partition coefficient (Wildman–Crippen LogP) is 4.50. The van der Waals surface area contributed by atoms with E-state index < -0.39 is 0 Å². The van der Waals surface area contributed by atoms with E-state index in [4.69, 9.17) is 0 Å². The summed E-state index contributed by atoms with van der Waals surface area (Å²) in [7, 11) is 0. The van der Waals surface area contributed by atoms with Crippen LogP contribution in [0.4, 0.5) is 5.95 Å². The second-order valence-electron chi connectivity index (χ2n) is 6.00. The molecule has 2 heterocycles. The van der Waals surface area contributed by atoms with E-state index in [0.29, 0.717) is 5.95 Å². The molecule has 25 heavy (non-hydrogen) atoms. The van der Waals surface area contributed by atoms with Crippen molar-refractivity contribution in [3.05, 3.63) is 72.4 Å². The smallest absolute Gasteiger partial charge is 0.225 e. The second kappa shape index (κ2) is 6.28. The lowest BCUT2D eigenvalue weighted by atomic mass is 10.1. The Labute approximate surface area is 145 Å². The predicted molar refractivity (Wildman–Crippen MR) is 99.5 cm³/mol. The Morgan fingerprint density at radius 1 is 1.04 bits per heavy atom. The normalized spacial score (nSPS) is 12.2. The van der Waals surface area contributed by atoms with Gasteiger partial charge in [-0.25, -0.2) is 4.98 Å². The molecule has 0 fully saturated rings. The van der Waals surface area contributed by atoms with E-state index in [1.807, 2.05) is 42.6 Å². The molecule has 0 amide bonds. The molecular weight excluding hydrogens is 312 g/mol. The van der Waals surface area contributed by atoms with Gasteiger partial charge < -0.3 is 15.4 Å². The van der Waals surface area contributed by atoms with Crippen LogP contribution in [0.15, 0.2) is 66.9 Å².